The van der Waals surface area contributed by atoms with E-state index in [1.54, 1.807) is 0 Å². The highest BCUT2D eigenvalue weighted by molar-refractivity contribution is 6.43. The van der Waals surface area contributed by atoms with Gasteiger partial charge in [-0.2, -0.15) is 4.98 Å². The summed E-state index contributed by atoms with van der Waals surface area (Å²) in [5, 5.41) is 11.1. The van der Waals surface area contributed by atoms with Gasteiger partial charge in [-0.15, -0.1) is 0 Å². The molecule has 0 spiro atoms. The molecule has 0 aliphatic heterocycles. The Morgan fingerprint density at radius 1 is 1.21 bits per heavy atom. The van der Waals surface area contributed by atoms with Gasteiger partial charge in [0.25, 0.3) is 5.88 Å². The van der Waals surface area contributed by atoms with E-state index in [-0.39, 0.29) is 32.2 Å². The van der Waals surface area contributed by atoms with Gasteiger partial charge in [-0.05, 0) is 12.1 Å². The van der Waals surface area contributed by atoms with Gasteiger partial charge >= 0.3 is 6.16 Å². The lowest BCUT2D eigenvalue weighted by molar-refractivity contribution is 0.118. The molecule has 0 saturated carbocycles. The fourth-order valence-electron chi connectivity index (χ4n) is 1.42. The fraction of sp³-hybridized carbons (Fsp3) is 0.0909. The second kappa shape index (κ2) is 5.28. The molecule has 1 aromatic carbocycles. The number of hydrogen-bond donors (Lipinski definition) is 1. The molecule has 0 fully saturated rings. The summed E-state index contributed by atoms with van der Waals surface area (Å²) in [5.74, 6) is -0.758. The molecule has 100 valence electrons. The Morgan fingerprint density at radius 3 is 2.37 bits per heavy atom. The van der Waals surface area contributed by atoms with Gasteiger partial charge in [0.15, 0.2) is 5.75 Å². The molecule has 0 amide bonds. The normalized spacial score (nSPS) is 10.5. The van der Waals surface area contributed by atoms with Gasteiger partial charge in [-0.1, -0.05) is 34.8 Å². The molecule has 0 saturated heterocycles. The van der Waals surface area contributed by atoms with Crippen molar-refractivity contribution in [3.8, 4) is 11.6 Å². The summed E-state index contributed by atoms with van der Waals surface area (Å²) in [7, 11) is 1.12. The maximum atomic E-state index is 11.0. The van der Waals surface area contributed by atoms with E-state index >= 15 is 0 Å². The summed E-state index contributed by atoms with van der Waals surface area (Å²) in [6.45, 7) is 0. The van der Waals surface area contributed by atoms with Crippen molar-refractivity contribution < 1.29 is 19.4 Å². The largest absolute Gasteiger partial charge is 0.515 e. The molecular weight excluding hydrogens is 316 g/mol. The summed E-state index contributed by atoms with van der Waals surface area (Å²) in [4.78, 5) is 14.8. The second-order valence-corrected chi connectivity index (χ2v) is 4.60. The average molecular weight is 323 g/mol. The molecule has 0 unspecified atom stereocenters. The Hall–Kier alpha value is -1.43. The van der Waals surface area contributed by atoms with Crippen LogP contribution in [0.5, 0.6) is 11.6 Å². The number of nitrogens with zero attached hydrogens (tertiary/aromatic N) is 1. The Bertz CT molecular complexity index is 675. The summed E-state index contributed by atoms with van der Waals surface area (Å²) in [5.41, 5.74) is 0. The third-order valence-corrected chi connectivity index (χ3v) is 3.30. The first-order valence-electron chi connectivity index (χ1n) is 4.87. The quantitative estimate of drug-likeness (QED) is 0.633. The van der Waals surface area contributed by atoms with Crippen LogP contribution in [0.25, 0.3) is 10.8 Å². The predicted octanol–water partition coefficient (Wildman–Crippen LogP) is 4.05. The minimum atomic E-state index is -1.03. The van der Waals surface area contributed by atoms with Crippen molar-refractivity contribution in [2.75, 3.05) is 7.11 Å². The molecule has 0 bridgehead atoms. The van der Waals surface area contributed by atoms with Crippen molar-refractivity contribution in [2.45, 2.75) is 0 Å². The number of methoxy groups -OCH3 is 1. The van der Waals surface area contributed by atoms with Crippen molar-refractivity contribution in [1.29, 1.82) is 0 Å². The smallest absolute Gasteiger partial charge is 0.503 e. The topological polar surface area (TPSA) is 68.7 Å². The van der Waals surface area contributed by atoms with Gasteiger partial charge in [0.05, 0.1) is 17.2 Å². The van der Waals surface area contributed by atoms with E-state index < -0.39 is 6.16 Å². The highest BCUT2D eigenvalue weighted by Gasteiger charge is 2.18. The van der Waals surface area contributed by atoms with E-state index in [4.69, 9.17) is 34.8 Å². The van der Waals surface area contributed by atoms with Crippen LogP contribution in [0.1, 0.15) is 0 Å². The standard InChI is InChI=1S/C11H6Cl3NO4/c1-18-11(17)19-10-8(16)4-2-6(12)7(13)3-5(4)9(14)15-10/h2-3,16H,1H3. The minimum Gasteiger partial charge on any atom is -0.503 e. The van der Waals surface area contributed by atoms with E-state index in [1.807, 2.05) is 0 Å². The molecule has 1 aromatic heterocycles. The first-order chi connectivity index (χ1) is 8.93. The highest BCUT2D eigenvalue weighted by Crippen LogP contribution is 2.40. The first-order valence-corrected chi connectivity index (χ1v) is 6.00. The van der Waals surface area contributed by atoms with Crippen LogP contribution in [0.3, 0.4) is 0 Å². The second-order valence-electron chi connectivity index (χ2n) is 3.42. The monoisotopic (exact) mass is 321 g/mol. The molecule has 5 nitrogen and oxygen atoms in total. The van der Waals surface area contributed by atoms with Crippen molar-refractivity contribution in [3.63, 3.8) is 0 Å². The van der Waals surface area contributed by atoms with Crippen LogP contribution in [0.2, 0.25) is 15.2 Å². The minimum absolute atomic E-state index is 0.00488. The molecule has 0 aliphatic rings. The average Bonchev–Trinajstić information content (AvgIpc) is 2.37. The van der Waals surface area contributed by atoms with E-state index in [1.165, 1.54) is 12.1 Å². The molecule has 8 heteroatoms. The number of carbonyl (C=O) groups is 1. The zero-order chi connectivity index (χ0) is 14.2. The Labute approximate surface area is 122 Å². The van der Waals surface area contributed by atoms with Gasteiger partial charge in [0.1, 0.15) is 5.15 Å². The van der Waals surface area contributed by atoms with Crippen LogP contribution >= 0.6 is 34.8 Å². The number of aromatic hydroxyl groups is 1. The Kier molecular flexibility index (Phi) is 3.89. The number of fused-ring (bicyclic) bond motifs is 1. The van der Waals surface area contributed by atoms with Crippen molar-refractivity contribution in [1.82, 2.24) is 4.98 Å². The van der Waals surface area contributed by atoms with Gasteiger partial charge in [0, 0.05) is 10.8 Å². The summed E-state index contributed by atoms with van der Waals surface area (Å²) in [6.07, 6.45) is -1.03. The number of carbonyl (C=O) groups excluding carboxylic acids is 1. The third kappa shape index (κ3) is 2.63. The molecule has 1 N–H and O–H groups in total. The lowest BCUT2D eigenvalue weighted by atomic mass is 10.1. The molecular formula is C11H6Cl3NO4. The third-order valence-electron chi connectivity index (χ3n) is 2.29. The Balaban J connectivity index is 2.67. The lowest BCUT2D eigenvalue weighted by Gasteiger charge is -2.09. The fourth-order valence-corrected chi connectivity index (χ4v) is 1.98. The summed E-state index contributed by atoms with van der Waals surface area (Å²) in [6, 6.07) is 2.85. The number of benzene rings is 1. The lowest BCUT2D eigenvalue weighted by Crippen LogP contribution is -2.08. The number of pyridine rings is 1. The van der Waals surface area contributed by atoms with Crippen LogP contribution in [0, 0.1) is 0 Å². The number of rotatable bonds is 1. The Morgan fingerprint density at radius 2 is 1.79 bits per heavy atom. The maximum Gasteiger partial charge on any atom is 0.515 e. The SMILES string of the molecule is COC(=O)Oc1nc(Cl)c2cc(Cl)c(Cl)cc2c1O. The molecule has 0 radical (unpaired) electrons. The summed E-state index contributed by atoms with van der Waals surface area (Å²) >= 11 is 17.6. The number of ether oxygens (including phenoxy) is 2. The van der Waals surface area contributed by atoms with Crippen LogP contribution < -0.4 is 4.74 Å². The highest BCUT2D eigenvalue weighted by atomic mass is 35.5. The van der Waals surface area contributed by atoms with Crippen LogP contribution in [-0.4, -0.2) is 23.4 Å². The van der Waals surface area contributed by atoms with Crippen LogP contribution in [0.15, 0.2) is 12.1 Å². The van der Waals surface area contributed by atoms with Crippen molar-refractivity contribution in [2.24, 2.45) is 0 Å². The number of aromatic nitrogens is 1. The molecule has 19 heavy (non-hydrogen) atoms. The van der Waals surface area contributed by atoms with Crippen molar-refractivity contribution in [3.05, 3.63) is 27.3 Å². The van der Waals surface area contributed by atoms with E-state index in [0.29, 0.717) is 5.39 Å². The predicted molar refractivity (Wildman–Crippen MR) is 71.5 cm³/mol. The number of halogens is 3. The number of hydrogen-bond acceptors (Lipinski definition) is 5. The molecule has 0 aliphatic carbocycles. The van der Waals surface area contributed by atoms with E-state index in [9.17, 15) is 9.90 Å². The molecule has 0 atom stereocenters. The first kappa shape index (κ1) is 14.0. The van der Waals surface area contributed by atoms with Crippen molar-refractivity contribution >= 4 is 51.7 Å². The van der Waals surface area contributed by atoms with Crippen LogP contribution in [0.4, 0.5) is 4.79 Å². The summed E-state index contributed by atoms with van der Waals surface area (Å²) < 4.78 is 8.97. The van der Waals surface area contributed by atoms with Gasteiger partial charge in [-0.25, -0.2) is 4.79 Å². The zero-order valence-electron chi connectivity index (χ0n) is 9.41. The maximum absolute atomic E-state index is 11.0. The zero-order valence-corrected chi connectivity index (χ0v) is 11.7. The van der Waals surface area contributed by atoms with Crippen LogP contribution in [-0.2, 0) is 4.74 Å². The van der Waals surface area contributed by atoms with E-state index in [0.717, 1.165) is 7.11 Å². The van der Waals surface area contributed by atoms with Gasteiger partial charge < -0.3 is 14.6 Å². The molecule has 1 heterocycles. The van der Waals surface area contributed by atoms with E-state index in [2.05, 4.69) is 14.5 Å². The van der Waals surface area contributed by atoms with Gasteiger partial charge in [0.2, 0.25) is 0 Å². The van der Waals surface area contributed by atoms with Gasteiger partial charge in [-0.3, -0.25) is 0 Å². The molecule has 2 aromatic rings. The molecule has 2 rings (SSSR count).